The summed E-state index contributed by atoms with van der Waals surface area (Å²) in [6, 6.07) is -0.0611. The molecule has 1 aromatic heterocycles. The topological polar surface area (TPSA) is 54.0 Å². The number of hydrogen-bond acceptors (Lipinski definition) is 3. The summed E-state index contributed by atoms with van der Waals surface area (Å²) in [5, 5.41) is 8.80. The summed E-state index contributed by atoms with van der Waals surface area (Å²) in [5.74, 6) is 1.15. The molecule has 94 valence electrons. The van der Waals surface area contributed by atoms with Gasteiger partial charge in [-0.3, -0.25) is 0 Å². The van der Waals surface area contributed by atoms with Gasteiger partial charge in [-0.05, 0) is 12.3 Å². The lowest BCUT2D eigenvalue weighted by Gasteiger charge is -2.11. The van der Waals surface area contributed by atoms with Crippen LogP contribution in [0.4, 0.5) is 4.79 Å². The van der Waals surface area contributed by atoms with E-state index in [0.717, 1.165) is 23.9 Å². The van der Waals surface area contributed by atoms with E-state index in [-0.39, 0.29) is 11.9 Å². The van der Waals surface area contributed by atoms with Crippen LogP contribution in [0.1, 0.15) is 37.1 Å². The SMILES string of the molecule is C[C@@H](CNC(=O)NCCC1CC1)c1nccs1. The maximum atomic E-state index is 11.5. The maximum absolute atomic E-state index is 11.5. The molecule has 0 saturated heterocycles. The zero-order chi connectivity index (χ0) is 12.1. The van der Waals surface area contributed by atoms with Crippen molar-refractivity contribution in [3.05, 3.63) is 16.6 Å². The van der Waals surface area contributed by atoms with Crippen molar-refractivity contribution in [2.24, 2.45) is 5.92 Å². The van der Waals surface area contributed by atoms with Crippen molar-refractivity contribution in [1.29, 1.82) is 0 Å². The number of carbonyl (C=O) groups is 1. The van der Waals surface area contributed by atoms with Crippen molar-refractivity contribution < 1.29 is 4.79 Å². The van der Waals surface area contributed by atoms with Gasteiger partial charge in [0, 0.05) is 30.6 Å². The molecule has 1 atom stereocenters. The molecule has 2 N–H and O–H groups in total. The van der Waals surface area contributed by atoms with Crippen molar-refractivity contribution in [3.8, 4) is 0 Å². The second-order valence-corrected chi connectivity index (χ2v) is 5.57. The van der Waals surface area contributed by atoms with E-state index in [2.05, 4.69) is 22.5 Å². The first-order valence-corrected chi connectivity index (χ1v) is 7.04. The number of thiazole rings is 1. The zero-order valence-electron chi connectivity index (χ0n) is 10.1. The van der Waals surface area contributed by atoms with Crippen molar-refractivity contribution in [3.63, 3.8) is 0 Å². The predicted molar refractivity (Wildman–Crippen MR) is 69.3 cm³/mol. The van der Waals surface area contributed by atoms with Crippen LogP contribution in [0.15, 0.2) is 11.6 Å². The summed E-state index contributed by atoms with van der Waals surface area (Å²) in [6.45, 7) is 3.51. The van der Waals surface area contributed by atoms with Gasteiger partial charge in [0.15, 0.2) is 0 Å². The minimum Gasteiger partial charge on any atom is -0.338 e. The number of carbonyl (C=O) groups excluding carboxylic acids is 1. The van der Waals surface area contributed by atoms with E-state index in [1.165, 1.54) is 12.8 Å². The zero-order valence-corrected chi connectivity index (χ0v) is 10.9. The smallest absolute Gasteiger partial charge is 0.314 e. The summed E-state index contributed by atoms with van der Waals surface area (Å²) in [7, 11) is 0. The van der Waals surface area contributed by atoms with Crippen LogP contribution in [-0.4, -0.2) is 24.1 Å². The third-order valence-electron chi connectivity index (χ3n) is 2.98. The number of rotatable bonds is 6. The minimum atomic E-state index is -0.0611. The van der Waals surface area contributed by atoms with Crippen LogP contribution in [0.3, 0.4) is 0 Å². The molecule has 1 fully saturated rings. The molecule has 1 saturated carbocycles. The molecule has 17 heavy (non-hydrogen) atoms. The molecule has 0 radical (unpaired) electrons. The molecule has 0 aliphatic heterocycles. The lowest BCUT2D eigenvalue weighted by molar-refractivity contribution is 0.240. The first-order chi connectivity index (χ1) is 8.25. The number of nitrogens with one attached hydrogen (secondary N) is 2. The lowest BCUT2D eigenvalue weighted by Crippen LogP contribution is -2.37. The highest BCUT2D eigenvalue weighted by Gasteiger charge is 2.20. The number of aromatic nitrogens is 1. The molecule has 2 rings (SSSR count). The predicted octanol–water partition coefficient (Wildman–Crippen LogP) is 2.35. The van der Waals surface area contributed by atoms with Gasteiger partial charge in [-0.1, -0.05) is 19.8 Å². The summed E-state index contributed by atoms with van der Waals surface area (Å²) in [4.78, 5) is 15.7. The highest BCUT2D eigenvalue weighted by Crippen LogP contribution is 2.31. The van der Waals surface area contributed by atoms with E-state index in [9.17, 15) is 4.79 Å². The van der Waals surface area contributed by atoms with Crippen LogP contribution < -0.4 is 10.6 Å². The monoisotopic (exact) mass is 253 g/mol. The average molecular weight is 253 g/mol. The molecule has 0 unspecified atom stereocenters. The largest absolute Gasteiger partial charge is 0.338 e. The number of hydrogen-bond donors (Lipinski definition) is 2. The van der Waals surface area contributed by atoms with E-state index in [4.69, 9.17) is 0 Å². The van der Waals surface area contributed by atoms with Gasteiger partial charge in [0.1, 0.15) is 0 Å². The molecule has 5 heteroatoms. The van der Waals surface area contributed by atoms with Gasteiger partial charge in [-0.15, -0.1) is 11.3 Å². The Morgan fingerprint density at radius 1 is 1.59 bits per heavy atom. The molecular formula is C12H19N3OS. The second-order valence-electron chi connectivity index (χ2n) is 4.64. The van der Waals surface area contributed by atoms with Gasteiger partial charge < -0.3 is 10.6 Å². The van der Waals surface area contributed by atoms with E-state index in [1.807, 2.05) is 5.38 Å². The van der Waals surface area contributed by atoms with Crippen molar-refractivity contribution in [1.82, 2.24) is 15.6 Å². The van der Waals surface area contributed by atoms with Crippen LogP contribution in [0.25, 0.3) is 0 Å². The van der Waals surface area contributed by atoms with Gasteiger partial charge in [0.05, 0.1) is 5.01 Å². The van der Waals surface area contributed by atoms with Crippen LogP contribution >= 0.6 is 11.3 Å². The maximum Gasteiger partial charge on any atom is 0.314 e. The summed E-state index contributed by atoms with van der Waals surface area (Å²) < 4.78 is 0. The molecule has 0 spiro atoms. The van der Waals surface area contributed by atoms with E-state index in [0.29, 0.717) is 6.54 Å². The minimum absolute atomic E-state index is 0.0611. The van der Waals surface area contributed by atoms with Crippen LogP contribution in [-0.2, 0) is 0 Å². The summed E-state index contributed by atoms with van der Waals surface area (Å²) in [5.41, 5.74) is 0. The molecule has 2 amide bonds. The van der Waals surface area contributed by atoms with E-state index < -0.39 is 0 Å². The van der Waals surface area contributed by atoms with Gasteiger partial charge in [-0.25, -0.2) is 9.78 Å². The highest BCUT2D eigenvalue weighted by atomic mass is 32.1. The average Bonchev–Trinajstić information content (AvgIpc) is 2.97. The van der Waals surface area contributed by atoms with Crippen LogP contribution in [0.5, 0.6) is 0 Å². The summed E-state index contributed by atoms with van der Waals surface area (Å²) >= 11 is 1.63. The Kier molecular flexibility index (Phi) is 4.36. The third kappa shape index (κ3) is 4.34. The third-order valence-corrected chi connectivity index (χ3v) is 3.98. The fraction of sp³-hybridized carbons (Fsp3) is 0.667. The Morgan fingerprint density at radius 3 is 3.06 bits per heavy atom. The van der Waals surface area contributed by atoms with Gasteiger partial charge in [0.2, 0.25) is 0 Å². The Morgan fingerprint density at radius 2 is 2.41 bits per heavy atom. The van der Waals surface area contributed by atoms with Crippen LogP contribution in [0.2, 0.25) is 0 Å². The van der Waals surface area contributed by atoms with Gasteiger partial charge in [-0.2, -0.15) is 0 Å². The quantitative estimate of drug-likeness (QED) is 0.817. The Labute approximate surface area is 106 Å². The molecule has 0 bridgehead atoms. The summed E-state index contributed by atoms with van der Waals surface area (Å²) in [6.07, 6.45) is 5.59. The molecule has 1 aromatic rings. The first-order valence-electron chi connectivity index (χ1n) is 6.17. The van der Waals surface area contributed by atoms with Crippen molar-refractivity contribution in [2.75, 3.05) is 13.1 Å². The second kappa shape index (κ2) is 6.00. The fourth-order valence-electron chi connectivity index (χ4n) is 1.67. The van der Waals surface area contributed by atoms with Gasteiger partial charge in [0.25, 0.3) is 0 Å². The Balaban J connectivity index is 1.58. The number of urea groups is 1. The molecule has 4 nitrogen and oxygen atoms in total. The number of amides is 2. The van der Waals surface area contributed by atoms with Crippen LogP contribution in [0, 0.1) is 5.92 Å². The van der Waals surface area contributed by atoms with E-state index in [1.54, 1.807) is 17.5 Å². The number of nitrogens with zero attached hydrogens (tertiary/aromatic N) is 1. The molecule has 0 aromatic carbocycles. The fourth-order valence-corrected chi connectivity index (χ4v) is 2.37. The highest BCUT2D eigenvalue weighted by molar-refractivity contribution is 7.09. The van der Waals surface area contributed by atoms with Gasteiger partial charge >= 0.3 is 6.03 Å². The Bertz CT molecular complexity index is 349. The van der Waals surface area contributed by atoms with E-state index >= 15 is 0 Å². The first kappa shape index (κ1) is 12.4. The lowest BCUT2D eigenvalue weighted by atomic mass is 10.2. The van der Waals surface area contributed by atoms with Crippen molar-refractivity contribution in [2.45, 2.75) is 32.1 Å². The molecular weight excluding hydrogens is 234 g/mol. The molecule has 1 aliphatic rings. The standard InChI is InChI=1S/C12H19N3OS/c1-9(11-13-6-7-17-11)8-15-12(16)14-5-4-10-2-3-10/h6-7,9-10H,2-5,8H2,1H3,(H2,14,15,16)/t9-/m0/s1. The molecule has 1 heterocycles. The van der Waals surface area contributed by atoms with Crippen molar-refractivity contribution >= 4 is 17.4 Å². The Hall–Kier alpha value is -1.10. The molecule has 1 aliphatic carbocycles. The normalized spacial score (nSPS) is 16.5.